The molecule has 250 valence electrons. The van der Waals surface area contributed by atoms with E-state index in [1.807, 2.05) is 13.8 Å². The fourth-order valence-electron chi connectivity index (χ4n) is 5.37. The van der Waals surface area contributed by atoms with Gasteiger partial charge >= 0.3 is 6.09 Å². The van der Waals surface area contributed by atoms with Gasteiger partial charge in [0.05, 0.1) is 24.2 Å². The molecule has 0 aliphatic carbocycles. The van der Waals surface area contributed by atoms with Gasteiger partial charge < -0.3 is 45.6 Å². The molecule has 2 heterocycles. The summed E-state index contributed by atoms with van der Waals surface area (Å²) in [5.41, 5.74) is 7.54. The van der Waals surface area contributed by atoms with Crippen LogP contribution in [0.2, 0.25) is 0 Å². The number of allylic oxidation sites excluding steroid dienone is 2. The van der Waals surface area contributed by atoms with Crippen molar-refractivity contribution in [3.8, 4) is 11.5 Å². The van der Waals surface area contributed by atoms with Crippen molar-refractivity contribution in [3.05, 3.63) is 65.3 Å². The molecule has 0 saturated heterocycles. The summed E-state index contributed by atoms with van der Waals surface area (Å²) in [5.74, 6) is -1.62. The highest BCUT2D eigenvalue weighted by Crippen LogP contribution is 2.44. The molecular weight excluding hydrogens is 594 g/mol. The fraction of sp³-hybridized carbons (Fsp3) is 0.455. The Morgan fingerprint density at radius 1 is 1.22 bits per heavy atom. The molecule has 3 rings (SSSR count). The van der Waals surface area contributed by atoms with Crippen molar-refractivity contribution >= 4 is 29.6 Å². The highest BCUT2D eigenvalue weighted by molar-refractivity contribution is 6.04. The molecule has 46 heavy (non-hydrogen) atoms. The summed E-state index contributed by atoms with van der Waals surface area (Å²) in [6.45, 7) is 7.06. The van der Waals surface area contributed by atoms with Crippen LogP contribution < -0.4 is 11.1 Å². The van der Waals surface area contributed by atoms with Gasteiger partial charge in [-0.05, 0) is 38.2 Å². The summed E-state index contributed by atoms with van der Waals surface area (Å²) in [7, 11) is 2.95. The molecule has 0 spiro atoms. The number of phenolic OH excluding ortho intramolecular Hbond substituents is 2. The number of hydrogen-bond donors (Lipinski definition) is 6. The molecule has 13 heteroatoms. The fourth-order valence-corrected chi connectivity index (χ4v) is 5.37. The first-order valence-corrected chi connectivity index (χ1v) is 15.0. The van der Waals surface area contributed by atoms with Crippen molar-refractivity contribution in [1.82, 2.24) is 9.97 Å². The van der Waals surface area contributed by atoms with E-state index in [1.165, 1.54) is 26.4 Å². The Hall–Kier alpha value is -4.46. The molecule has 7 N–H and O–H groups in total. The maximum absolute atomic E-state index is 13.1. The number of fused-ring (bicyclic) bond motifs is 2. The van der Waals surface area contributed by atoms with Gasteiger partial charge in [-0.15, -0.1) is 0 Å². The van der Waals surface area contributed by atoms with Crippen molar-refractivity contribution in [2.24, 2.45) is 22.6 Å². The van der Waals surface area contributed by atoms with E-state index in [1.54, 1.807) is 50.8 Å². The third-order valence-electron chi connectivity index (χ3n) is 7.89. The topological polar surface area (TPSA) is 202 Å². The van der Waals surface area contributed by atoms with Crippen LogP contribution in [0.5, 0.6) is 11.5 Å². The van der Waals surface area contributed by atoms with Gasteiger partial charge in [-0.2, -0.15) is 0 Å². The normalized spacial score (nSPS) is 28.1. The highest BCUT2D eigenvalue weighted by atomic mass is 16.6. The zero-order chi connectivity index (χ0) is 34.0. The van der Waals surface area contributed by atoms with Crippen LogP contribution in [0.1, 0.15) is 45.4 Å². The molecule has 2 amide bonds. The predicted molar refractivity (Wildman–Crippen MR) is 174 cm³/mol. The lowest BCUT2D eigenvalue weighted by Crippen LogP contribution is -2.37. The van der Waals surface area contributed by atoms with Crippen molar-refractivity contribution in [1.29, 1.82) is 0 Å². The number of aliphatic hydroxyl groups is 1. The van der Waals surface area contributed by atoms with Gasteiger partial charge in [0, 0.05) is 61.9 Å². The number of aliphatic imine (C=N–C) groups is 1. The maximum Gasteiger partial charge on any atom is 0.405 e. The van der Waals surface area contributed by atoms with Crippen LogP contribution in [0.25, 0.3) is 0 Å². The van der Waals surface area contributed by atoms with Crippen LogP contribution in [-0.4, -0.2) is 82.1 Å². The molecule has 1 aliphatic rings. The molecule has 13 nitrogen and oxygen atoms in total. The third-order valence-corrected chi connectivity index (χ3v) is 7.89. The molecule has 6 atom stereocenters. The summed E-state index contributed by atoms with van der Waals surface area (Å²) in [6.07, 6.45) is 8.03. The average molecular weight is 640 g/mol. The third kappa shape index (κ3) is 9.52. The number of amides is 2. The van der Waals surface area contributed by atoms with E-state index in [2.05, 4.69) is 20.3 Å². The maximum atomic E-state index is 13.1. The first-order chi connectivity index (χ1) is 21.9. The van der Waals surface area contributed by atoms with Crippen LogP contribution in [0, 0.1) is 11.8 Å². The standard InChI is InChI=1S/C33H45N5O8/c1-18-12-23-28(36-11-10-22-16-35-17-37-22)25(39)15-24(30(23)41)38-32(42)19(2)8-7-9-26(44-5)31(46-33(34)43)21(4)14-20(3)29(40)27(13-18)45-6/h7-9,11,14-18,20,26-27,29,31,39-41H,10,12-13H2,1-6H3,(H2,34,43)(H,35,37)(H,38,42)/b9-7-,19-8+,21-14+,36-11?/t18-,20+,26+,27+,29-,31+/m1/s1. The molecule has 0 saturated carbocycles. The number of ether oxygens (including phenoxy) is 3. The number of aliphatic hydroxyl groups excluding tert-OH is 1. The van der Waals surface area contributed by atoms with Crippen molar-refractivity contribution in [2.45, 2.75) is 71.4 Å². The van der Waals surface area contributed by atoms with Crippen molar-refractivity contribution in [3.63, 3.8) is 0 Å². The number of rotatable bonds is 6. The number of hydrogen-bond acceptors (Lipinski definition) is 10. The number of nitrogens with one attached hydrogen (secondary N) is 2. The minimum Gasteiger partial charge on any atom is -0.506 e. The van der Waals surface area contributed by atoms with E-state index in [0.29, 0.717) is 24.0 Å². The minimum absolute atomic E-state index is 0.00771. The number of benzene rings is 1. The summed E-state index contributed by atoms with van der Waals surface area (Å²) in [5, 5.41) is 36.4. The molecule has 0 radical (unpaired) electrons. The molecular formula is C33H45N5O8. The Bertz CT molecular complexity index is 1470. The zero-order valence-corrected chi connectivity index (χ0v) is 27.1. The molecule has 2 aromatic rings. The predicted octanol–water partition coefficient (Wildman–Crippen LogP) is 4.23. The lowest BCUT2D eigenvalue weighted by molar-refractivity contribution is -0.112. The summed E-state index contributed by atoms with van der Waals surface area (Å²) in [4.78, 5) is 36.4. The van der Waals surface area contributed by atoms with Crippen LogP contribution >= 0.6 is 0 Å². The van der Waals surface area contributed by atoms with Gasteiger partial charge in [0.1, 0.15) is 23.3 Å². The number of carbonyl (C=O) groups is 2. The summed E-state index contributed by atoms with van der Waals surface area (Å²) < 4.78 is 16.7. The lowest BCUT2D eigenvalue weighted by Gasteiger charge is -2.29. The monoisotopic (exact) mass is 639 g/mol. The molecule has 0 fully saturated rings. The van der Waals surface area contributed by atoms with Crippen LogP contribution in [-0.2, 0) is 31.8 Å². The number of nitrogens with two attached hydrogens (primary N) is 1. The van der Waals surface area contributed by atoms with E-state index in [0.717, 1.165) is 5.69 Å². The number of nitrogens with zero attached hydrogens (tertiary/aromatic N) is 2. The number of phenols is 2. The second-order valence-corrected chi connectivity index (χ2v) is 11.5. The van der Waals surface area contributed by atoms with Gasteiger partial charge in [-0.1, -0.05) is 38.2 Å². The second kappa shape index (κ2) is 16.7. The van der Waals surface area contributed by atoms with Gasteiger partial charge in [-0.3, -0.25) is 9.79 Å². The number of imidazole rings is 1. The van der Waals surface area contributed by atoms with Crippen LogP contribution in [0.15, 0.2) is 59.0 Å². The average Bonchev–Trinajstić information content (AvgIpc) is 3.53. The smallest absolute Gasteiger partial charge is 0.405 e. The molecule has 2 bridgehead atoms. The van der Waals surface area contributed by atoms with Crippen molar-refractivity contribution < 1.29 is 39.1 Å². The number of methoxy groups -OCH3 is 2. The van der Waals surface area contributed by atoms with Gasteiger partial charge in [0.25, 0.3) is 5.91 Å². The molecule has 1 aromatic heterocycles. The minimum atomic E-state index is -0.996. The quantitative estimate of drug-likeness (QED) is 0.116. The Morgan fingerprint density at radius 3 is 2.59 bits per heavy atom. The van der Waals surface area contributed by atoms with Crippen LogP contribution in [0.4, 0.5) is 16.2 Å². The molecule has 1 aromatic carbocycles. The lowest BCUT2D eigenvalue weighted by atomic mass is 9.87. The number of H-pyrrole nitrogens is 1. The van der Waals surface area contributed by atoms with E-state index >= 15 is 0 Å². The van der Waals surface area contributed by atoms with E-state index < -0.39 is 42.3 Å². The number of carbonyl (C=O) groups excluding carboxylic acids is 2. The van der Waals surface area contributed by atoms with E-state index in [4.69, 9.17) is 19.9 Å². The summed E-state index contributed by atoms with van der Waals surface area (Å²) in [6, 6.07) is 1.25. The number of anilines is 1. The highest BCUT2D eigenvalue weighted by Gasteiger charge is 2.30. The number of aromatic hydroxyl groups is 2. The number of primary amides is 1. The van der Waals surface area contributed by atoms with Gasteiger partial charge in [0.2, 0.25) is 0 Å². The SMILES string of the molecule is CO[C@H]1/C=C\C=C(/C)C(=O)Nc2cc(O)c(N=CCc3cnc[nH]3)c(c2O)C[C@@H](C)C[C@H](OC)[C@H](O)[C@@H](C)/C=C(\C)[C@@H]1OC(N)=O. The van der Waals surface area contributed by atoms with Crippen LogP contribution in [0.3, 0.4) is 0 Å². The Balaban J connectivity index is 2.10. The van der Waals surface area contributed by atoms with Gasteiger partial charge in [0.15, 0.2) is 6.10 Å². The summed E-state index contributed by atoms with van der Waals surface area (Å²) >= 11 is 0. The Kier molecular flexibility index (Phi) is 13.1. The van der Waals surface area contributed by atoms with Crippen molar-refractivity contribution in [2.75, 3.05) is 19.5 Å². The largest absolute Gasteiger partial charge is 0.506 e. The zero-order valence-electron chi connectivity index (χ0n) is 27.1. The molecule has 0 unspecified atom stereocenters. The second-order valence-electron chi connectivity index (χ2n) is 11.5. The first-order valence-electron chi connectivity index (χ1n) is 15.0. The Morgan fingerprint density at radius 2 is 1.96 bits per heavy atom. The molecule has 1 aliphatic heterocycles. The Labute approximate surface area is 268 Å². The van der Waals surface area contributed by atoms with E-state index in [9.17, 15) is 24.9 Å². The first kappa shape index (κ1) is 36.0. The van der Waals surface area contributed by atoms with E-state index in [-0.39, 0.29) is 40.8 Å². The number of aromatic amines is 1. The number of aromatic nitrogens is 2. The van der Waals surface area contributed by atoms with Gasteiger partial charge in [-0.25, -0.2) is 9.78 Å².